The average Bonchev–Trinajstić information content (AvgIpc) is 3.71. The van der Waals surface area contributed by atoms with Crippen molar-refractivity contribution in [2.45, 2.75) is 71.7 Å². The van der Waals surface area contributed by atoms with Crippen LogP contribution in [0.2, 0.25) is 0 Å². The van der Waals surface area contributed by atoms with Crippen LogP contribution in [0.25, 0.3) is 11.1 Å². The molecule has 1 heterocycles. The monoisotopic (exact) mass is 489 g/mol. The summed E-state index contributed by atoms with van der Waals surface area (Å²) < 4.78 is 26.4. The Balaban J connectivity index is 1.62. The lowest BCUT2D eigenvalue weighted by Crippen LogP contribution is -2.36. The minimum atomic E-state index is -0.374. The lowest BCUT2D eigenvalue weighted by molar-refractivity contribution is 0.166. The van der Waals surface area contributed by atoms with Crippen molar-refractivity contribution in [1.29, 1.82) is 0 Å². The van der Waals surface area contributed by atoms with Crippen LogP contribution in [0.3, 0.4) is 0 Å². The number of aromatic nitrogens is 1. The van der Waals surface area contributed by atoms with E-state index in [-0.39, 0.29) is 5.82 Å². The maximum absolute atomic E-state index is 14.9. The standard InChI is InChI=1S/C31H38FN2O2/c1-20(2)34(21(3)4)18-26-15-27(12-13-28(26)29-16-31(35-6)33-17-30(29)32)36-19-23-8-7-9-25(14-23)22(5)24-10-11-24/h7-9,12-17,20-22,24H,5,10-11,18-19H2,1-4,6H3. The molecular weight excluding hydrogens is 451 g/mol. The van der Waals surface area contributed by atoms with Gasteiger partial charge in [0, 0.05) is 30.3 Å². The van der Waals surface area contributed by atoms with Crippen LogP contribution >= 0.6 is 0 Å². The zero-order valence-corrected chi connectivity index (χ0v) is 22.1. The van der Waals surface area contributed by atoms with Gasteiger partial charge in [-0.3, -0.25) is 4.90 Å². The molecule has 4 nitrogen and oxygen atoms in total. The number of benzene rings is 2. The molecule has 1 radical (unpaired) electrons. The Bertz CT molecular complexity index is 1160. The number of nitrogens with zero attached hydrogens (tertiary/aromatic N) is 2. The van der Waals surface area contributed by atoms with E-state index in [1.54, 1.807) is 6.07 Å². The van der Waals surface area contributed by atoms with E-state index in [2.05, 4.69) is 68.8 Å². The zero-order valence-electron chi connectivity index (χ0n) is 22.1. The number of hydrogen-bond donors (Lipinski definition) is 0. The second-order valence-corrected chi connectivity index (χ2v) is 10.4. The van der Waals surface area contributed by atoms with Crippen molar-refractivity contribution >= 4 is 0 Å². The number of rotatable bonds is 11. The molecule has 1 aliphatic carbocycles. The highest BCUT2D eigenvalue weighted by molar-refractivity contribution is 5.69. The van der Waals surface area contributed by atoms with Gasteiger partial charge in [0.1, 0.15) is 18.2 Å². The highest BCUT2D eigenvalue weighted by Crippen LogP contribution is 2.42. The van der Waals surface area contributed by atoms with Gasteiger partial charge in [-0.25, -0.2) is 9.37 Å². The summed E-state index contributed by atoms with van der Waals surface area (Å²) in [4.78, 5) is 6.39. The van der Waals surface area contributed by atoms with Gasteiger partial charge >= 0.3 is 0 Å². The van der Waals surface area contributed by atoms with Crippen molar-refractivity contribution in [2.24, 2.45) is 5.92 Å². The van der Waals surface area contributed by atoms with Crippen LogP contribution in [0.4, 0.5) is 4.39 Å². The largest absolute Gasteiger partial charge is 0.489 e. The minimum Gasteiger partial charge on any atom is -0.489 e. The van der Waals surface area contributed by atoms with Crippen molar-refractivity contribution < 1.29 is 13.9 Å². The molecule has 1 saturated carbocycles. The van der Waals surface area contributed by atoms with Crippen LogP contribution in [-0.2, 0) is 13.2 Å². The van der Waals surface area contributed by atoms with Crippen LogP contribution in [-0.4, -0.2) is 29.1 Å². The number of hydrogen-bond acceptors (Lipinski definition) is 4. The third-order valence-electron chi connectivity index (χ3n) is 7.06. The zero-order chi connectivity index (χ0) is 25.8. The number of halogens is 1. The van der Waals surface area contributed by atoms with Gasteiger partial charge in [-0.1, -0.05) is 30.3 Å². The maximum atomic E-state index is 14.9. The third kappa shape index (κ3) is 6.25. The van der Waals surface area contributed by atoms with Crippen LogP contribution in [0.1, 0.15) is 63.1 Å². The number of pyridine rings is 1. The SMILES string of the molecule is [CH2]C(c1cccc(COc2ccc(-c3cc(OC)ncc3F)c(CN(C(C)C)C(C)C)c2)c1)C1CC1. The highest BCUT2D eigenvalue weighted by atomic mass is 19.1. The van der Waals surface area contributed by atoms with E-state index in [4.69, 9.17) is 9.47 Å². The van der Waals surface area contributed by atoms with Crippen LogP contribution in [0.5, 0.6) is 11.6 Å². The summed E-state index contributed by atoms with van der Waals surface area (Å²) in [5, 5.41) is 0. The first-order valence-corrected chi connectivity index (χ1v) is 12.9. The second-order valence-electron chi connectivity index (χ2n) is 10.4. The molecule has 2 aromatic carbocycles. The van der Waals surface area contributed by atoms with E-state index in [1.807, 2.05) is 18.2 Å². The van der Waals surface area contributed by atoms with E-state index in [9.17, 15) is 4.39 Å². The average molecular weight is 490 g/mol. The van der Waals surface area contributed by atoms with Gasteiger partial charge in [-0.15, -0.1) is 0 Å². The van der Waals surface area contributed by atoms with Gasteiger partial charge in [-0.05, 0) is 93.7 Å². The Kier molecular flexibility index (Phi) is 8.30. The number of methoxy groups -OCH3 is 1. The van der Waals surface area contributed by atoms with Gasteiger partial charge in [0.2, 0.25) is 5.88 Å². The van der Waals surface area contributed by atoms with Crippen molar-refractivity contribution in [3.63, 3.8) is 0 Å². The van der Waals surface area contributed by atoms with E-state index in [0.29, 0.717) is 48.5 Å². The van der Waals surface area contributed by atoms with Crippen molar-refractivity contribution in [2.75, 3.05) is 7.11 Å². The first-order valence-electron chi connectivity index (χ1n) is 12.9. The summed E-state index contributed by atoms with van der Waals surface area (Å²) in [6.07, 6.45) is 3.77. The molecule has 0 amide bonds. The molecule has 36 heavy (non-hydrogen) atoms. The lowest BCUT2D eigenvalue weighted by Gasteiger charge is -2.31. The van der Waals surface area contributed by atoms with Crippen molar-refractivity contribution in [1.82, 2.24) is 9.88 Å². The smallest absolute Gasteiger partial charge is 0.213 e. The summed E-state index contributed by atoms with van der Waals surface area (Å²) in [6, 6.07) is 16.8. The molecule has 0 aliphatic heterocycles. The maximum Gasteiger partial charge on any atom is 0.213 e. The summed E-state index contributed by atoms with van der Waals surface area (Å²) in [7, 11) is 1.54. The second kappa shape index (κ2) is 11.4. The van der Waals surface area contributed by atoms with Crippen LogP contribution < -0.4 is 9.47 Å². The Morgan fingerprint density at radius 2 is 1.78 bits per heavy atom. The predicted molar refractivity (Wildman–Crippen MR) is 144 cm³/mol. The summed E-state index contributed by atoms with van der Waals surface area (Å²) >= 11 is 0. The van der Waals surface area contributed by atoms with E-state index >= 15 is 0 Å². The van der Waals surface area contributed by atoms with Crippen LogP contribution in [0.15, 0.2) is 54.7 Å². The Morgan fingerprint density at radius 1 is 1.03 bits per heavy atom. The van der Waals surface area contributed by atoms with Gasteiger partial charge in [0.15, 0.2) is 0 Å². The fraction of sp³-hybridized carbons (Fsp3) is 0.419. The molecule has 0 bridgehead atoms. The van der Waals surface area contributed by atoms with Crippen molar-refractivity contribution in [3.05, 3.63) is 84.2 Å². The fourth-order valence-corrected chi connectivity index (χ4v) is 4.80. The Labute approximate surface area is 215 Å². The minimum absolute atomic E-state index is 0.337. The molecule has 1 unspecified atom stereocenters. The first-order chi connectivity index (χ1) is 17.3. The molecular formula is C31H38FN2O2. The third-order valence-corrected chi connectivity index (χ3v) is 7.06. The highest BCUT2D eigenvalue weighted by Gasteiger charge is 2.29. The van der Waals surface area contributed by atoms with Gasteiger partial charge in [0.05, 0.1) is 13.3 Å². The molecule has 0 saturated heterocycles. The Morgan fingerprint density at radius 3 is 2.44 bits per heavy atom. The summed E-state index contributed by atoms with van der Waals surface area (Å²) in [5.41, 5.74) is 4.70. The van der Waals surface area contributed by atoms with Crippen molar-refractivity contribution in [3.8, 4) is 22.8 Å². The molecule has 3 aromatic rings. The number of ether oxygens (including phenoxy) is 2. The van der Waals surface area contributed by atoms with Gasteiger partial charge in [0.25, 0.3) is 0 Å². The molecule has 0 spiro atoms. The predicted octanol–water partition coefficient (Wildman–Crippen LogP) is 7.42. The van der Waals surface area contributed by atoms with E-state index in [1.165, 1.54) is 31.7 Å². The lowest BCUT2D eigenvalue weighted by atomic mass is 9.95. The molecule has 191 valence electrons. The summed E-state index contributed by atoms with van der Waals surface area (Å²) in [5.74, 6) is 1.84. The van der Waals surface area contributed by atoms with E-state index < -0.39 is 0 Å². The topological polar surface area (TPSA) is 34.6 Å². The van der Waals surface area contributed by atoms with Gasteiger partial charge in [-0.2, -0.15) is 0 Å². The Hall–Kier alpha value is -2.92. The molecule has 4 rings (SSSR count). The molecule has 5 heteroatoms. The normalized spacial score (nSPS) is 14.5. The molecule has 1 atom stereocenters. The fourth-order valence-electron chi connectivity index (χ4n) is 4.80. The first kappa shape index (κ1) is 26.2. The van der Waals surface area contributed by atoms with Crippen LogP contribution in [0, 0.1) is 18.7 Å². The van der Waals surface area contributed by atoms with E-state index in [0.717, 1.165) is 22.4 Å². The van der Waals surface area contributed by atoms with Gasteiger partial charge < -0.3 is 9.47 Å². The molecule has 1 aromatic heterocycles. The molecule has 1 fully saturated rings. The summed E-state index contributed by atoms with van der Waals surface area (Å²) in [6.45, 7) is 14.2. The quantitative estimate of drug-likeness (QED) is 0.281. The molecule has 0 N–H and O–H groups in total. The molecule has 1 aliphatic rings.